The summed E-state index contributed by atoms with van der Waals surface area (Å²) in [6.07, 6.45) is 1.56. The number of nitrogens with one attached hydrogen (secondary N) is 1. The number of hydrogen-bond acceptors (Lipinski definition) is 7. The third-order valence-electron chi connectivity index (χ3n) is 3.73. The Morgan fingerprint density at radius 3 is 2.57 bits per heavy atom. The number of benzene rings is 1. The molecule has 0 radical (unpaired) electrons. The molecule has 0 atom stereocenters. The minimum atomic E-state index is -3.63. The van der Waals surface area contributed by atoms with Crippen LogP contribution in [-0.4, -0.2) is 57.6 Å². The van der Waals surface area contributed by atoms with Crippen LogP contribution in [0.4, 0.5) is 11.4 Å². The molecule has 0 spiro atoms. The number of hydrogen-bond donors (Lipinski definition) is 1. The van der Waals surface area contributed by atoms with Gasteiger partial charge < -0.3 is 10.2 Å². The third kappa shape index (κ3) is 5.01. The minimum absolute atomic E-state index is 0.0310. The molecule has 2 aromatic rings. The number of carbonyl (C=O) groups is 1. The Labute approximate surface area is 169 Å². The van der Waals surface area contributed by atoms with Crippen LogP contribution in [0.25, 0.3) is 0 Å². The first-order valence-corrected chi connectivity index (χ1v) is 10.6. The molecular weight excluding hydrogens is 398 g/mol. The van der Waals surface area contributed by atoms with Crippen molar-refractivity contribution in [2.45, 2.75) is 9.92 Å². The monoisotopic (exact) mass is 419 g/mol. The highest BCUT2D eigenvalue weighted by Gasteiger charge is 2.20. The summed E-state index contributed by atoms with van der Waals surface area (Å²) in [6.45, 7) is 0. The van der Waals surface area contributed by atoms with E-state index in [4.69, 9.17) is 5.26 Å². The van der Waals surface area contributed by atoms with E-state index in [1.54, 1.807) is 43.4 Å². The number of anilines is 2. The number of carbonyl (C=O) groups excluding carboxylic acids is 1. The Balaban J connectivity index is 2.23. The quantitative estimate of drug-likeness (QED) is 0.684. The molecule has 0 saturated heterocycles. The Kier molecular flexibility index (Phi) is 7.01. The first kappa shape index (κ1) is 21.7. The van der Waals surface area contributed by atoms with Crippen LogP contribution in [0.3, 0.4) is 0 Å². The van der Waals surface area contributed by atoms with Crippen molar-refractivity contribution in [3.8, 4) is 6.07 Å². The fraction of sp³-hybridized carbons (Fsp3) is 0.278. The van der Waals surface area contributed by atoms with Gasteiger partial charge in [0.25, 0.3) is 0 Å². The molecule has 1 N–H and O–H groups in total. The largest absolute Gasteiger partial charge is 0.376 e. The zero-order valence-corrected chi connectivity index (χ0v) is 17.6. The lowest BCUT2D eigenvalue weighted by atomic mass is 10.2. The number of rotatable bonds is 7. The molecule has 0 aliphatic carbocycles. The van der Waals surface area contributed by atoms with E-state index in [-0.39, 0.29) is 16.6 Å². The summed E-state index contributed by atoms with van der Waals surface area (Å²) < 4.78 is 25.9. The molecule has 0 fully saturated rings. The summed E-state index contributed by atoms with van der Waals surface area (Å²) in [4.78, 5) is 18.4. The lowest BCUT2D eigenvalue weighted by molar-refractivity contribution is -0.113. The molecule has 0 unspecified atom stereocenters. The predicted octanol–water partition coefficient (Wildman–Crippen LogP) is 2.00. The van der Waals surface area contributed by atoms with Crippen molar-refractivity contribution in [2.24, 2.45) is 0 Å². The standard InChI is InChI=1S/C18H21N5O3S2/c1-22(2)16-8-7-14(28(25,26)23(3)4)10-15(16)21-17(24)12-27-18-13(11-19)6-5-9-20-18/h5-10H,12H2,1-4H3,(H,21,24). The van der Waals surface area contributed by atoms with E-state index in [9.17, 15) is 13.2 Å². The maximum Gasteiger partial charge on any atom is 0.242 e. The second kappa shape index (κ2) is 9.05. The number of nitriles is 1. The summed E-state index contributed by atoms with van der Waals surface area (Å²) in [7, 11) is 2.86. The van der Waals surface area contributed by atoms with Gasteiger partial charge in [0.2, 0.25) is 15.9 Å². The average molecular weight is 420 g/mol. The van der Waals surface area contributed by atoms with Gasteiger partial charge in [0.05, 0.1) is 27.6 Å². The summed E-state index contributed by atoms with van der Waals surface area (Å²) in [6, 6.07) is 9.91. The van der Waals surface area contributed by atoms with Crippen LogP contribution >= 0.6 is 11.8 Å². The van der Waals surface area contributed by atoms with Crippen molar-refractivity contribution in [1.29, 1.82) is 5.26 Å². The molecular formula is C18H21N5O3S2. The van der Waals surface area contributed by atoms with Gasteiger partial charge in [-0.1, -0.05) is 11.8 Å². The minimum Gasteiger partial charge on any atom is -0.376 e. The van der Waals surface area contributed by atoms with E-state index in [1.807, 2.05) is 6.07 Å². The van der Waals surface area contributed by atoms with Crippen LogP contribution in [0.15, 0.2) is 46.5 Å². The van der Waals surface area contributed by atoms with Crippen molar-refractivity contribution >= 4 is 39.1 Å². The Morgan fingerprint density at radius 1 is 1.25 bits per heavy atom. The van der Waals surface area contributed by atoms with Crippen molar-refractivity contribution in [2.75, 3.05) is 44.2 Å². The summed E-state index contributed by atoms with van der Waals surface area (Å²) in [5.74, 6) is -0.300. The normalized spacial score (nSPS) is 11.1. The Morgan fingerprint density at radius 2 is 1.96 bits per heavy atom. The Hall–Kier alpha value is -2.61. The van der Waals surface area contributed by atoms with Crippen molar-refractivity contribution in [3.05, 3.63) is 42.1 Å². The Bertz CT molecular complexity index is 1010. The average Bonchev–Trinajstić information content (AvgIpc) is 2.66. The molecule has 8 nitrogen and oxygen atoms in total. The van der Waals surface area contributed by atoms with Gasteiger partial charge in [-0.05, 0) is 30.3 Å². The van der Waals surface area contributed by atoms with Gasteiger partial charge in [-0.2, -0.15) is 5.26 Å². The van der Waals surface area contributed by atoms with Gasteiger partial charge in [0.1, 0.15) is 11.1 Å². The molecule has 1 amide bonds. The fourth-order valence-corrected chi connectivity index (χ4v) is 3.96. The third-order valence-corrected chi connectivity index (χ3v) is 6.55. The lowest BCUT2D eigenvalue weighted by Gasteiger charge is -2.20. The van der Waals surface area contributed by atoms with Gasteiger partial charge >= 0.3 is 0 Å². The van der Waals surface area contributed by atoms with Gasteiger partial charge in [-0.3, -0.25) is 4.79 Å². The first-order valence-electron chi connectivity index (χ1n) is 8.18. The zero-order chi connectivity index (χ0) is 20.9. The molecule has 1 aromatic heterocycles. The molecule has 2 rings (SSSR count). The highest BCUT2D eigenvalue weighted by molar-refractivity contribution is 8.00. The van der Waals surface area contributed by atoms with E-state index < -0.39 is 10.0 Å². The van der Waals surface area contributed by atoms with Gasteiger partial charge in [-0.15, -0.1) is 0 Å². The van der Waals surface area contributed by atoms with Crippen molar-refractivity contribution in [1.82, 2.24) is 9.29 Å². The second-order valence-corrected chi connectivity index (χ2v) is 9.28. The number of nitrogens with zero attached hydrogens (tertiary/aromatic N) is 4. The maximum absolute atomic E-state index is 12.4. The number of amides is 1. The molecule has 0 bridgehead atoms. The highest BCUT2D eigenvalue weighted by atomic mass is 32.2. The topological polar surface area (TPSA) is 106 Å². The smallest absolute Gasteiger partial charge is 0.242 e. The van der Waals surface area contributed by atoms with Gasteiger partial charge in [0.15, 0.2) is 0 Å². The molecule has 1 heterocycles. The van der Waals surface area contributed by atoms with E-state index in [2.05, 4.69) is 10.3 Å². The van der Waals surface area contributed by atoms with Gasteiger partial charge in [0, 0.05) is 34.4 Å². The summed E-state index contributed by atoms with van der Waals surface area (Å²) in [5, 5.41) is 12.3. The van der Waals surface area contributed by atoms with Gasteiger partial charge in [-0.25, -0.2) is 17.7 Å². The van der Waals surface area contributed by atoms with Crippen molar-refractivity contribution in [3.63, 3.8) is 0 Å². The van der Waals surface area contributed by atoms with Crippen LogP contribution in [0.1, 0.15) is 5.56 Å². The zero-order valence-electron chi connectivity index (χ0n) is 16.0. The highest BCUT2D eigenvalue weighted by Crippen LogP contribution is 2.29. The lowest BCUT2D eigenvalue weighted by Crippen LogP contribution is -2.23. The molecule has 148 valence electrons. The van der Waals surface area contributed by atoms with Crippen LogP contribution in [0, 0.1) is 11.3 Å². The van der Waals surface area contributed by atoms with E-state index in [1.165, 1.54) is 26.2 Å². The molecule has 0 aliphatic heterocycles. The SMILES string of the molecule is CN(C)c1ccc(S(=O)(=O)N(C)C)cc1NC(=O)CSc1ncccc1C#N. The van der Waals surface area contributed by atoms with E-state index in [0.29, 0.717) is 22.0 Å². The van der Waals surface area contributed by atoms with E-state index >= 15 is 0 Å². The van der Waals surface area contributed by atoms with E-state index in [0.717, 1.165) is 16.1 Å². The first-order chi connectivity index (χ1) is 13.2. The van der Waals surface area contributed by atoms with Crippen LogP contribution < -0.4 is 10.2 Å². The summed E-state index contributed by atoms with van der Waals surface area (Å²) in [5.41, 5.74) is 1.46. The number of sulfonamides is 1. The second-order valence-electron chi connectivity index (χ2n) is 6.17. The predicted molar refractivity (Wildman–Crippen MR) is 110 cm³/mol. The van der Waals surface area contributed by atoms with Crippen LogP contribution in [0.5, 0.6) is 0 Å². The fourth-order valence-electron chi connectivity index (χ4n) is 2.29. The molecule has 28 heavy (non-hydrogen) atoms. The van der Waals surface area contributed by atoms with Crippen LogP contribution in [-0.2, 0) is 14.8 Å². The number of aromatic nitrogens is 1. The van der Waals surface area contributed by atoms with Crippen molar-refractivity contribution < 1.29 is 13.2 Å². The van der Waals surface area contributed by atoms with Crippen LogP contribution in [0.2, 0.25) is 0 Å². The molecule has 0 saturated carbocycles. The molecule has 0 aliphatic rings. The molecule has 1 aromatic carbocycles. The maximum atomic E-state index is 12.4. The number of pyridine rings is 1. The summed E-state index contributed by atoms with van der Waals surface area (Å²) >= 11 is 1.14. The molecule has 10 heteroatoms. The number of thioether (sulfide) groups is 1.